The topological polar surface area (TPSA) is 72.4 Å². The second kappa shape index (κ2) is 7.40. The fourth-order valence-electron chi connectivity index (χ4n) is 3.25. The van der Waals surface area contributed by atoms with Crippen molar-refractivity contribution in [3.05, 3.63) is 60.3 Å². The van der Waals surface area contributed by atoms with E-state index in [0.717, 1.165) is 27.2 Å². The van der Waals surface area contributed by atoms with Gasteiger partial charge in [0.2, 0.25) is 15.9 Å². The minimum Gasteiger partial charge on any atom is -0.473 e. The maximum absolute atomic E-state index is 13.9. The summed E-state index contributed by atoms with van der Waals surface area (Å²) in [6.45, 7) is 0.280. The van der Waals surface area contributed by atoms with Crippen LogP contribution in [0.25, 0.3) is 10.8 Å². The van der Waals surface area contributed by atoms with Gasteiger partial charge in [-0.15, -0.1) is 5.10 Å². The molecule has 0 unspecified atom stereocenters. The van der Waals surface area contributed by atoms with E-state index in [1.165, 1.54) is 0 Å². The number of aromatic nitrogens is 2. The summed E-state index contributed by atoms with van der Waals surface area (Å²) in [5.74, 6) is -1.37. The van der Waals surface area contributed by atoms with Crippen LogP contribution < -0.4 is 4.74 Å². The van der Waals surface area contributed by atoms with Gasteiger partial charge in [-0.3, -0.25) is 0 Å². The lowest BCUT2D eigenvalue weighted by atomic mass is 10.1. The molecule has 1 fully saturated rings. The molecule has 0 radical (unpaired) electrons. The van der Waals surface area contributed by atoms with Gasteiger partial charge in [-0.05, 0) is 37.1 Å². The average molecular weight is 405 g/mol. The van der Waals surface area contributed by atoms with Crippen molar-refractivity contribution in [2.75, 3.05) is 13.1 Å². The highest BCUT2D eigenvalue weighted by atomic mass is 32.2. The van der Waals surface area contributed by atoms with Crippen LogP contribution in [0.3, 0.4) is 0 Å². The number of halogens is 2. The Bertz CT molecular complexity index is 1110. The molecule has 2 aromatic carbocycles. The number of hydrogen-bond acceptors (Lipinski definition) is 5. The summed E-state index contributed by atoms with van der Waals surface area (Å²) in [7, 11) is -4.11. The third kappa shape index (κ3) is 3.55. The summed E-state index contributed by atoms with van der Waals surface area (Å²) in [5.41, 5.74) is 0. The molecule has 6 nitrogen and oxygen atoms in total. The molecule has 1 saturated heterocycles. The zero-order valence-corrected chi connectivity index (χ0v) is 15.6. The van der Waals surface area contributed by atoms with Crippen molar-refractivity contribution in [3.63, 3.8) is 0 Å². The Morgan fingerprint density at radius 3 is 2.61 bits per heavy atom. The normalized spacial score (nSPS) is 16.4. The SMILES string of the molecule is O=S(=O)(c1cc(F)ccc1F)N1CCC(Oc2nncc3ccccc23)CC1. The molecular weight excluding hydrogens is 388 g/mol. The summed E-state index contributed by atoms with van der Waals surface area (Å²) in [6, 6.07) is 9.96. The second-order valence-corrected chi connectivity index (χ2v) is 8.44. The number of nitrogens with zero attached hydrogens (tertiary/aromatic N) is 3. The van der Waals surface area contributed by atoms with Gasteiger partial charge in [-0.2, -0.15) is 9.40 Å². The highest BCUT2D eigenvalue weighted by molar-refractivity contribution is 7.89. The second-order valence-electron chi connectivity index (χ2n) is 6.53. The lowest BCUT2D eigenvalue weighted by Gasteiger charge is -2.31. The number of benzene rings is 2. The van der Waals surface area contributed by atoms with Gasteiger partial charge in [0.15, 0.2) is 0 Å². The summed E-state index contributed by atoms with van der Waals surface area (Å²) >= 11 is 0. The number of sulfonamides is 1. The fourth-order valence-corrected chi connectivity index (χ4v) is 4.80. The van der Waals surface area contributed by atoms with E-state index in [1.807, 2.05) is 24.3 Å². The average Bonchev–Trinajstić information content (AvgIpc) is 2.70. The first-order valence-electron chi connectivity index (χ1n) is 8.77. The van der Waals surface area contributed by atoms with Crippen LogP contribution in [-0.4, -0.2) is 42.1 Å². The van der Waals surface area contributed by atoms with Crippen molar-refractivity contribution < 1.29 is 21.9 Å². The molecule has 0 saturated carbocycles. The summed E-state index contributed by atoms with van der Waals surface area (Å²) < 4.78 is 59.7. The van der Waals surface area contributed by atoms with Crippen molar-refractivity contribution in [2.45, 2.75) is 23.8 Å². The molecule has 28 heavy (non-hydrogen) atoms. The summed E-state index contributed by atoms with van der Waals surface area (Å²) in [5, 5.41) is 9.70. The molecule has 0 aliphatic carbocycles. The van der Waals surface area contributed by atoms with Gasteiger partial charge in [-0.1, -0.05) is 18.2 Å². The monoisotopic (exact) mass is 405 g/mol. The Kier molecular flexibility index (Phi) is 4.94. The van der Waals surface area contributed by atoms with E-state index in [9.17, 15) is 17.2 Å². The maximum atomic E-state index is 13.9. The van der Waals surface area contributed by atoms with Crippen LogP contribution in [0.5, 0.6) is 5.88 Å². The first-order valence-corrected chi connectivity index (χ1v) is 10.2. The fraction of sp³-hybridized carbons (Fsp3) is 0.263. The van der Waals surface area contributed by atoms with Crippen LogP contribution in [0.15, 0.2) is 53.6 Å². The van der Waals surface area contributed by atoms with E-state index in [1.54, 1.807) is 6.20 Å². The van der Waals surface area contributed by atoms with Crippen LogP contribution in [0.1, 0.15) is 12.8 Å². The van der Waals surface area contributed by atoms with Gasteiger partial charge in [0, 0.05) is 23.9 Å². The molecule has 146 valence electrons. The van der Waals surface area contributed by atoms with Gasteiger partial charge in [0.1, 0.15) is 22.6 Å². The molecule has 0 spiro atoms. The number of hydrogen-bond donors (Lipinski definition) is 0. The third-order valence-corrected chi connectivity index (χ3v) is 6.64. The largest absolute Gasteiger partial charge is 0.473 e. The molecule has 9 heteroatoms. The van der Waals surface area contributed by atoms with E-state index in [4.69, 9.17) is 4.74 Å². The molecule has 2 heterocycles. The standard InChI is InChI=1S/C19H17F2N3O3S/c20-14-5-6-17(21)18(11-14)28(25,26)24-9-7-15(8-10-24)27-19-16-4-2-1-3-13(16)12-22-23-19/h1-6,11-12,15H,7-10H2. The van der Waals surface area contributed by atoms with Crippen molar-refractivity contribution in [2.24, 2.45) is 0 Å². The Morgan fingerprint density at radius 1 is 1.07 bits per heavy atom. The van der Waals surface area contributed by atoms with E-state index in [0.29, 0.717) is 24.8 Å². The number of rotatable bonds is 4. The number of piperidine rings is 1. The summed E-state index contributed by atoms with van der Waals surface area (Å²) in [4.78, 5) is -0.646. The van der Waals surface area contributed by atoms with Gasteiger partial charge in [0.05, 0.1) is 6.20 Å². The van der Waals surface area contributed by atoms with Gasteiger partial charge >= 0.3 is 0 Å². The van der Waals surface area contributed by atoms with Gasteiger partial charge in [0.25, 0.3) is 0 Å². The molecular formula is C19H17F2N3O3S. The minimum absolute atomic E-state index is 0.140. The number of ether oxygens (including phenoxy) is 1. The Balaban J connectivity index is 1.48. The quantitative estimate of drug-likeness (QED) is 0.667. The third-order valence-electron chi connectivity index (χ3n) is 4.73. The molecule has 4 rings (SSSR count). The molecule has 1 aliphatic rings. The van der Waals surface area contributed by atoms with Gasteiger partial charge < -0.3 is 4.74 Å². The van der Waals surface area contributed by atoms with Crippen molar-refractivity contribution in [1.82, 2.24) is 14.5 Å². The smallest absolute Gasteiger partial charge is 0.246 e. The maximum Gasteiger partial charge on any atom is 0.246 e. The molecule has 1 aliphatic heterocycles. The Hall–Kier alpha value is -2.65. The lowest BCUT2D eigenvalue weighted by molar-refractivity contribution is 0.130. The van der Waals surface area contributed by atoms with E-state index in [2.05, 4.69) is 10.2 Å². The van der Waals surface area contributed by atoms with E-state index in [-0.39, 0.29) is 19.2 Å². The number of fused-ring (bicyclic) bond motifs is 1. The molecule has 0 bridgehead atoms. The van der Waals surface area contributed by atoms with Crippen molar-refractivity contribution in [1.29, 1.82) is 0 Å². The first kappa shape index (κ1) is 18.7. The predicted octanol–water partition coefficient (Wildman–Crippen LogP) is 3.14. The predicted molar refractivity (Wildman–Crippen MR) is 98.3 cm³/mol. The van der Waals surface area contributed by atoms with Crippen LogP contribution in [0.4, 0.5) is 8.78 Å². The Morgan fingerprint density at radius 2 is 1.82 bits per heavy atom. The van der Waals surface area contributed by atoms with Gasteiger partial charge in [-0.25, -0.2) is 17.2 Å². The molecule has 1 aromatic heterocycles. The highest BCUT2D eigenvalue weighted by Gasteiger charge is 2.32. The molecule has 0 N–H and O–H groups in total. The van der Waals surface area contributed by atoms with Crippen LogP contribution >= 0.6 is 0 Å². The summed E-state index contributed by atoms with van der Waals surface area (Å²) in [6.07, 6.45) is 2.21. The van der Waals surface area contributed by atoms with E-state index >= 15 is 0 Å². The Labute approximate surface area is 160 Å². The zero-order valence-electron chi connectivity index (χ0n) is 14.8. The van der Waals surface area contributed by atoms with Crippen LogP contribution in [0, 0.1) is 11.6 Å². The van der Waals surface area contributed by atoms with E-state index < -0.39 is 26.6 Å². The van der Waals surface area contributed by atoms with Crippen molar-refractivity contribution in [3.8, 4) is 5.88 Å². The first-order chi connectivity index (χ1) is 13.4. The molecule has 0 atom stereocenters. The molecule has 3 aromatic rings. The highest BCUT2D eigenvalue weighted by Crippen LogP contribution is 2.27. The minimum atomic E-state index is -4.11. The van der Waals surface area contributed by atoms with Crippen LogP contribution in [0.2, 0.25) is 0 Å². The van der Waals surface area contributed by atoms with Crippen LogP contribution in [-0.2, 0) is 10.0 Å². The lowest BCUT2D eigenvalue weighted by Crippen LogP contribution is -2.42. The van der Waals surface area contributed by atoms with Crippen molar-refractivity contribution >= 4 is 20.8 Å². The zero-order chi connectivity index (χ0) is 19.7. The molecule has 0 amide bonds.